The lowest BCUT2D eigenvalue weighted by atomic mass is 10.0. The zero-order valence-electron chi connectivity index (χ0n) is 10.6. The Morgan fingerprint density at radius 1 is 1.37 bits per heavy atom. The van der Waals surface area contributed by atoms with Gasteiger partial charge >= 0.3 is 12.1 Å². The van der Waals surface area contributed by atoms with E-state index >= 15 is 0 Å². The highest BCUT2D eigenvalue weighted by Gasteiger charge is 2.30. The Kier molecular flexibility index (Phi) is 5.15. The van der Waals surface area contributed by atoms with Crippen LogP contribution in [0.1, 0.15) is 24.5 Å². The predicted molar refractivity (Wildman–Crippen MR) is 65.5 cm³/mol. The number of aryl methyl sites for hydroxylation is 1. The molecule has 0 heterocycles. The van der Waals surface area contributed by atoms with Crippen molar-refractivity contribution in [1.82, 2.24) is 0 Å². The summed E-state index contributed by atoms with van der Waals surface area (Å²) in [5.74, 6) is -0.505. The van der Waals surface area contributed by atoms with Crippen LogP contribution < -0.4 is 0 Å². The minimum atomic E-state index is -4.35. The molecule has 19 heavy (non-hydrogen) atoms. The molecule has 0 atom stereocenters. The van der Waals surface area contributed by atoms with Crippen LogP contribution >= 0.6 is 0 Å². The maximum absolute atomic E-state index is 12.5. The van der Waals surface area contributed by atoms with E-state index in [0.29, 0.717) is 12.0 Å². The first-order valence-corrected chi connectivity index (χ1v) is 5.85. The van der Waals surface area contributed by atoms with Crippen LogP contribution in [-0.2, 0) is 22.1 Å². The first-order chi connectivity index (χ1) is 8.84. The Morgan fingerprint density at radius 2 is 2.05 bits per heavy atom. The van der Waals surface area contributed by atoms with Crippen molar-refractivity contribution in [2.45, 2.75) is 25.9 Å². The van der Waals surface area contributed by atoms with Gasteiger partial charge < -0.3 is 4.74 Å². The molecule has 0 fully saturated rings. The van der Waals surface area contributed by atoms with Crippen molar-refractivity contribution in [2.75, 3.05) is 6.61 Å². The Balaban J connectivity index is 2.64. The molecular formula is C14H15F3O2. The molecular weight excluding hydrogens is 257 g/mol. The summed E-state index contributed by atoms with van der Waals surface area (Å²) in [7, 11) is 0. The molecule has 104 valence electrons. The maximum Gasteiger partial charge on any atom is 0.416 e. The average Bonchev–Trinajstić information content (AvgIpc) is 2.35. The van der Waals surface area contributed by atoms with Gasteiger partial charge in [0.15, 0.2) is 0 Å². The molecule has 5 heteroatoms. The fraction of sp³-hybridized carbons (Fsp3) is 0.357. The predicted octanol–water partition coefficient (Wildman–Crippen LogP) is 3.76. The van der Waals surface area contributed by atoms with Crippen LogP contribution in [0.4, 0.5) is 13.2 Å². The van der Waals surface area contributed by atoms with Gasteiger partial charge in [-0.1, -0.05) is 24.8 Å². The summed E-state index contributed by atoms with van der Waals surface area (Å²) in [6.45, 7) is 5.49. The number of esters is 1. The van der Waals surface area contributed by atoms with E-state index in [1.807, 2.05) is 0 Å². The fourth-order valence-electron chi connectivity index (χ4n) is 1.53. The van der Waals surface area contributed by atoms with Crippen molar-refractivity contribution >= 4 is 5.97 Å². The first-order valence-electron chi connectivity index (χ1n) is 5.85. The summed E-state index contributed by atoms with van der Waals surface area (Å²) < 4.78 is 42.3. The second-order valence-corrected chi connectivity index (χ2v) is 4.02. The first kappa shape index (κ1) is 15.3. The van der Waals surface area contributed by atoms with E-state index in [1.54, 1.807) is 13.0 Å². The van der Waals surface area contributed by atoms with E-state index in [0.717, 1.165) is 12.1 Å². The van der Waals surface area contributed by atoms with Gasteiger partial charge in [-0.15, -0.1) is 0 Å². The number of benzene rings is 1. The second kappa shape index (κ2) is 6.41. The van der Waals surface area contributed by atoms with Crippen LogP contribution in [0.15, 0.2) is 36.4 Å². The Morgan fingerprint density at radius 3 is 2.63 bits per heavy atom. The summed E-state index contributed by atoms with van der Waals surface area (Å²) in [6, 6.07) is 5.04. The molecule has 0 saturated heterocycles. The molecule has 2 nitrogen and oxygen atoms in total. The highest BCUT2D eigenvalue weighted by Crippen LogP contribution is 2.29. The molecule has 1 aromatic carbocycles. The lowest BCUT2D eigenvalue weighted by Gasteiger charge is -2.09. The summed E-state index contributed by atoms with van der Waals surface area (Å²) >= 11 is 0. The van der Waals surface area contributed by atoms with Crippen molar-refractivity contribution < 1.29 is 22.7 Å². The zero-order valence-corrected chi connectivity index (χ0v) is 10.6. The molecule has 0 aromatic heterocycles. The number of hydrogen-bond acceptors (Lipinski definition) is 2. The molecule has 0 aliphatic rings. The van der Waals surface area contributed by atoms with Crippen LogP contribution in [-0.4, -0.2) is 12.6 Å². The van der Waals surface area contributed by atoms with Gasteiger partial charge in [0.2, 0.25) is 0 Å². The quantitative estimate of drug-likeness (QED) is 0.602. The standard InChI is InChI=1S/C14H15F3O2/c1-3-19-13(18)10(2)7-8-11-5-4-6-12(9-11)14(15,16)17/h4-6,9H,2-3,7-8H2,1H3. The van der Waals surface area contributed by atoms with Gasteiger partial charge in [-0.25, -0.2) is 4.79 Å². The largest absolute Gasteiger partial charge is 0.463 e. The third-order valence-corrected chi connectivity index (χ3v) is 2.53. The monoisotopic (exact) mass is 272 g/mol. The molecule has 0 radical (unpaired) electrons. The third-order valence-electron chi connectivity index (χ3n) is 2.53. The van der Waals surface area contributed by atoms with Crippen molar-refractivity contribution in [3.05, 3.63) is 47.5 Å². The van der Waals surface area contributed by atoms with Crippen LogP contribution in [0, 0.1) is 0 Å². The molecule has 0 N–H and O–H groups in total. The van der Waals surface area contributed by atoms with Crippen molar-refractivity contribution in [1.29, 1.82) is 0 Å². The van der Waals surface area contributed by atoms with Gasteiger partial charge in [0, 0.05) is 5.57 Å². The van der Waals surface area contributed by atoms with Crippen molar-refractivity contribution in [3.8, 4) is 0 Å². The van der Waals surface area contributed by atoms with Crippen LogP contribution in [0.3, 0.4) is 0 Å². The molecule has 0 saturated carbocycles. The van der Waals surface area contributed by atoms with E-state index < -0.39 is 17.7 Å². The van der Waals surface area contributed by atoms with Crippen molar-refractivity contribution in [3.63, 3.8) is 0 Å². The molecule has 0 aliphatic heterocycles. The Labute approximate surface area is 109 Å². The molecule has 0 bridgehead atoms. The number of carbonyl (C=O) groups is 1. The van der Waals surface area contributed by atoms with Crippen LogP contribution in [0.25, 0.3) is 0 Å². The van der Waals surface area contributed by atoms with E-state index in [2.05, 4.69) is 6.58 Å². The number of carbonyl (C=O) groups excluding carboxylic acids is 1. The molecule has 0 aliphatic carbocycles. The van der Waals surface area contributed by atoms with Gasteiger partial charge in [0.1, 0.15) is 0 Å². The summed E-state index contributed by atoms with van der Waals surface area (Å²) in [6.07, 6.45) is -3.75. The normalized spacial score (nSPS) is 11.2. The minimum Gasteiger partial charge on any atom is -0.463 e. The van der Waals surface area contributed by atoms with Gasteiger partial charge in [0.25, 0.3) is 0 Å². The summed E-state index contributed by atoms with van der Waals surface area (Å²) in [5, 5.41) is 0. The van der Waals surface area contributed by atoms with Gasteiger partial charge in [-0.3, -0.25) is 0 Å². The minimum absolute atomic E-state index is 0.251. The maximum atomic E-state index is 12.5. The average molecular weight is 272 g/mol. The Hall–Kier alpha value is -1.78. The highest BCUT2D eigenvalue weighted by atomic mass is 19.4. The van der Waals surface area contributed by atoms with Gasteiger partial charge in [-0.2, -0.15) is 13.2 Å². The van der Waals surface area contributed by atoms with E-state index in [-0.39, 0.29) is 18.6 Å². The molecule has 0 spiro atoms. The van der Waals surface area contributed by atoms with E-state index in [9.17, 15) is 18.0 Å². The smallest absolute Gasteiger partial charge is 0.416 e. The van der Waals surface area contributed by atoms with Gasteiger partial charge in [0.05, 0.1) is 12.2 Å². The number of hydrogen-bond donors (Lipinski definition) is 0. The summed E-state index contributed by atoms with van der Waals surface area (Å²) in [5.41, 5.74) is 0.0892. The molecule has 0 unspecified atom stereocenters. The number of ether oxygens (including phenoxy) is 1. The number of halogens is 3. The lowest BCUT2D eigenvalue weighted by molar-refractivity contribution is -0.139. The van der Waals surface area contributed by atoms with Crippen molar-refractivity contribution in [2.24, 2.45) is 0 Å². The van der Waals surface area contributed by atoms with Crippen LogP contribution in [0.5, 0.6) is 0 Å². The number of alkyl halides is 3. The van der Waals surface area contributed by atoms with Crippen LogP contribution in [0.2, 0.25) is 0 Å². The SMILES string of the molecule is C=C(CCc1cccc(C(F)(F)F)c1)C(=O)OCC. The topological polar surface area (TPSA) is 26.3 Å². The van der Waals surface area contributed by atoms with E-state index in [1.165, 1.54) is 6.07 Å². The Bertz CT molecular complexity index is 464. The number of rotatable bonds is 5. The fourth-order valence-corrected chi connectivity index (χ4v) is 1.53. The van der Waals surface area contributed by atoms with Gasteiger partial charge in [-0.05, 0) is 31.4 Å². The third kappa shape index (κ3) is 4.77. The molecule has 1 rings (SSSR count). The van der Waals surface area contributed by atoms with E-state index in [4.69, 9.17) is 4.74 Å². The summed E-state index contributed by atoms with van der Waals surface area (Å²) in [4.78, 5) is 11.3. The molecule has 0 amide bonds. The second-order valence-electron chi connectivity index (χ2n) is 4.02. The zero-order chi connectivity index (χ0) is 14.5. The molecule has 1 aromatic rings. The highest BCUT2D eigenvalue weighted by molar-refractivity contribution is 5.87. The lowest BCUT2D eigenvalue weighted by Crippen LogP contribution is -2.08.